The van der Waals surface area contributed by atoms with Crippen molar-refractivity contribution in [1.82, 2.24) is 20.1 Å². The van der Waals surface area contributed by atoms with E-state index in [1.165, 1.54) is 0 Å². The Bertz CT molecular complexity index is 576. The van der Waals surface area contributed by atoms with Gasteiger partial charge in [-0.2, -0.15) is 5.10 Å². The van der Waals surface area contributed by atoms with E-state index in [0.29, 0.717) is 12.2 Å². The largest absolute Gasteiger partial charge is 0.384 e. The van der Waals surface area contributed by atoms with Crippen LogP contribution >= 0.6 is 0 Å². The summed E-state index contributed by atoms with van der Waals surface area (Å²) in [5.74, 6) is -0.152. The van der Waals surface area contributed by atoms with Gasteiger partial charge in [0.05, 0.1) is 18.1 Å². The van der Waals surface area contributed by atoms with Crippen molar-refractivity contribution in [2.24, 2.45) is 7.05 Å². The maximum atomic E-state index is 12.0. The smallest absolute Gasteiger partial charge is 0.269 e. The normalized spacial score (nSPS) is 10.4. The molecule has 0 fully saturated rings. The maximum absolute atomic E-state index is 12.0. The molecule has 0 aliphatic heterocycles. The van der Waals surface area contributed by atoms with Crippen LogP contribution in [0.4, 0.5) is 5.69 Å². The number of carbonyl (C=O) groups is 1. The number of aryl methyl sites for hydroxylation is 1. The number of nitrogens with one attached hydrogen (secondary N) is 2. The highest BCUT2D eigenvalue weighted by atomic mass is 16.1. The maximum Gasteiger partial charge on any atom is 0.269 e. The summed E-state index contributed by atoms with van der Waals surface area (Å²) in [4.78, 5) is 16.1. The first-order valence-electron chi connectivity index (χ1n) is 7.14. The van der Waals surface area contributed by atoms with Gasteiger partial charge in [0, 0.05) is 26.3 Å². The van der Waals surface area contributed by atoms with Gasteiger partial charge in [-0.15, -0.1) is 0 Å². The molecular weight excluding hydrogens is 266 g/mol. The van der Waals surface area contributed by atoms with Crippen LogP contribution in [0.1, 0.15) is 29.4 Å². The van der Waals surface area contributed by atoms with E-state index in [9.17, 15) is 4.79 Å². The summed E-state index contributed by atoms with van der Waals surface area (Å²) in [5.41, 5.74) is 2.47. The third-order valence-electron chi connectivity index (χ3n) is 3.03. The zero-order valence-corrected chi connectivity index (χ0v) is 12.5. The molecule has 0 bridgehead atoms. The molecule has 2 aromatic rings. The second kappa shape index (κ2) is 7.42. The number of aromatic nitrogens is 3. The summed E-state index contributed by atoms with van der Waals surface area (Å²) < 4.78 is 1.75. The van der Waals surface area contributed by atoms with Crippen LogP contribution in [-0.2, 0) is 13.5 Å². The van der Waals surface area contributed by atoms with Crippen LogP contribution in [0.25, 0.3) is 0 Å². The summed E-state index contributed by atoms with van der Waals surface area (Å²) in [6.45, 7) is 3.57. The SMILES string of the molecule is CCCNc1ccc(C(=O)NCCc2cnn(C)c2)nc1. The van der Waals surface area contributed by atoms with Crippen molar-refractivity contribution in [3.8, 4) is 0 Å². The van der Waals surface area contributed by atoms with E-state index in [2.05, 4.69) is 27.6 Å². The highest BCUT2D eigenvalue weighted by Crippen LogP contribution is 2.06. The van der Waals surface area contributed by atoms with E-state index in [1.807, 2.05) is 19.3 Å². The molecule has 0 aliphatic rings. The number of nitrogens with zero attached hydrogens (tertiary/aromatic N) is 3. The van der Waals surface area contributed by atoms with Gasteiger partial charge in [-0.3, -0.25) is 9.48 Å². The fourth-order valence-electron chi connectivity index (χ4n) is 1.91. The third kappa shape index (κ3) is 4.59. The first-order chi connectivity index (χ1) is 10.2. The molecule has 0 unspecified atom stereocenters. The Hall–Kier alpha value is -2.37. The van der Waals surface area contributed by atoms with Crippen molar-refractivity contribution >= 4 is 11.6 Å². The van der Waals surface area contributed by atoms with Crippen LogP contribution in [0, 0.1) is 0 Å². The minimum atomic E-state index is -0.152. The first kappa shape index (κ1) is 15.0. The molecule has 6 heteroatoms. The Morgan fingerprint density at radius 1 is 1.29 bits per heavy atom. The van der Waals surface area contributed by atoms with E-state index in [-0.39, 0.29) is 5.91 Å². The number of hydrogen-bond donors (Lipinski definition) is 2. The van der Waals surface area contributed by atoms with Gasteiger partial charge in [0.2, 0.25) is 0 Å². The number of hydrogen-bond acceptors (Lipinski definition) is 4. The molecule has 2 heterocycles. The topological polar surface area (TPSA) is 71.8 Å². The predicted molar refractivity (Wildman–Crippen MR) is 82.3 cm³/mol. The van der Waals surface area contributed by atoms with Gasteiger partial charge in [0.15, 0.2) is 0 Å². The van der Waals surface area contributed by atoms with Crippen molar-refractivity contribution in [3.63, 3.8) is 0 Å². The lowest BCUT2D eigenvalue weighted by Crippen LogP contribution is -2.26. The van der Waals surface area contributed by atoms with Crippen LogP contribution in [0.5, 0.6) is 0 Å². The molecule has 2 aromatic heterocycles. The molecule has 0 saturated carbocycles. The molecule has 2 rings (SSSR count). The van der Waals surface area contributed by atoms with Gasteiger partial charge < -0.3 is 10.6 Å². The molecule has 0 saturated heterocycles. The van der Waals surface area contributed by atoms with Gasteiger partial charge in [-0.05, 0) is 30.5 Å². The van der Waals surface area contributed by atoms with E-state index >= 15 is 0 Å². The Balaban J connectivity index is 1.79. The number of pyridine rings is 1. The molecule has 112 valence electrons. The number of anilines is 1. The Kier molecular flexibility index (Phi) is 5.31. The van der Waals surface area contributed by atoms with Crippen LogP contribution in [-0.4, -0.2) is 33.8 Å². The van der Waals surface area contributed by atoms with Crippen molar-refractivity contribution in [2.75, 3.05) is 18.4 Å². The highest BCUT2D eigenvalue weighted by molar-refractivity contribution is 5.92. The van der Waals surface area contributed by atoms with Gasteiger partial charge in [0.25, 0.3) is 5.91 Å². The van der Waals surface area contributed by atoms with Gasteiger partial charge in [0.1, 0.15) is 5.69 Å². The Morgan fingerprint density at radius 2 is 2.14 bits per heavy atom. The lowest BCUT2D eigenvalue weighted by atomic mass is 10.2. The third-order valence-corrected chi connectivity index (χ3v) is 3.03. The standard InChI is InChI=1S/C15H21N5O/c1-3-7-16-13-4-5-14(18-10-13)15(21)17-8-6-12-9-19-20(2)11-12/h4-5,9-11,16H,3,6-8H2,1-2H3,(H,17,21). The monoisotopic (exact) mass is 287 g/mol. The van der Waals surface area contributed by atoms with E-state index in [4.69, 9.17) is 0 Å². The van der Waals surface area contributed by atoms with E-state index in [1.54, 1.807) is 23.1 Å². The fourth-order valence-corrected chi connectivity index (χ4v) is 1.91. The van der Waals surface area contributed by atoms with Gasteiger partial charge >= 0.3 is 0 Å². The van der Waals surface area contributed by atoms with Crippen molar-refractivity contribution in [1.29, 1.82) is 0 Å². The molecule has 1 amide bonds. The predicted octanol–water partition coefficient (Wildman–Crippen LogP) is 1.61. The summed E-state index contributed by atoms with van der Waals surface area (Å²) in [7, 11) is 1.88. The average Bonchev–Trinajstić information content (AvgIpc) is 2.91. The van der Waals surface area contributed by atoms with E-state index < -0.39 is 0 Å². The minimum absolute atomic E-state index is 0.152. The first-order valence-corrected chi connectivity index (χ1v) is 7.14. The molecule has 0 atom stereocenters. The van der Waals surface area contributed by atoms with Crippen LogP contribution in [0.3, 0.4) is 0 Å². The van der Waals surface area contributed by atoms with Crippen molar-refractivity contribution in [2.45, 2.75) is 19.8 Å². The minimum Gasteiger partial charge on any atom is -0.384 e. The summed E-state index contributed by atoms with van der Waals surface area (Å²) in [5, 5.41) is 10.2. The lowest BCUT2D eigenvalue weighted by molar-refractivity contribution is 0.0949. The molecule has 2 N–H and O–H groups in total. The van der Waals surface area contributed by atoms with Crippen molar-refractivity contribution in [3.05, 3.63) is 42.0 Å². The lowest BCUT2D eigenvalue weighted by Gasteiger charge is -2.06. The summed E-state index contributed by atoms with van der Waals surface area (Å²) >= 11 is 0. The van der Waals surface area contributed by atoms with E-state index in [0.717, 1.165) is 30.6 Å². The zero-order valence-electron chi connectivity index (χ0n) is 12.5. The quantitative estimate of drug-likeness (QED) is 0.811. The molecular formula is C15H21N5O. The molecule has 21 heavy (non-hydrogen) atoms. The van der Waals surface area contributed by atoms with Crippen LogP contribution in [0.2, 0.25) is 0 Å². The number of carbonyl (C=O) groups excluding carboxylic acids is 1. The molecule has 0 aliphatic carbocycles. The summed E-state index contributed by atoms with van der Waals surface area (Å²) in [6.07, 6.45) is 7.25. The van der Waals surface area contributed by atoms with Gasteiger partial charge in [-0.1, -0.05) is 6.92 Å². The van der Waals surface area contributed by atoms with Crippen molar-refractivity contribution < 1.29 is 4.79 Å². The Labute approximate surface area is 124 Å². The Morgan fingerprint density at radius 3 is 2.76 bits per heavy atom. The molecule has 0 aromatic carbocycles. The second-order valence-corrected chi connectivity index (χ2v) is 4.89. The average molecular weight is 287 g/mol. The van der Waals surface area contributed by atoms with Crippen LogP contribution < -0.4 is 10.6 Å². The zero-order chi connectivity index (χ0) is 15.1. The van der Waals surface area contributed by atoms with Crippen LogP contribution in [0.15, 0.2) is 30.7 Å². The molecule has 6 nitrogen and oxygen atoms in total. The number of amides is 1. The van der Waals surface area contributed by atoms with Gasteiger partial charge in [-0.25, -0.2) is 4.98 Å². The molecule has 0 spiro atoms. The number of rotatable bonds is 7. The summed E-state index contributed by atoms with van der Waals surface area (Å²) in [6, 6.07) is 3.61. The highest BCUT2D eigenvalue weighted by Gasteiger charge is 2.06. The second-order valence-electron chi connectivity index (χ2n) is 4.89. The molecule has 0 radical (unpaired) electrons. The fraction of sp³-hybridized carbons (Fsp3) is 0.400.